The van der Waals surface area contributed by atoms with E-state index in [1.807, 2.05) is 18.7 Å². The molecule has 0 aromatic carbocycles. The minimum Gasteiger partial charge on any atom is -0.462 e. The number of allylic oxidation sites excluding steroid dienone is 1. The van der Waals surface area contributed by atoms with Crippen molar-refractivity contribution >= 4 is 11.8 Å². The number of aromatic nitrogens is 2. The molecule has 1 aromatic heterocycles. The molecule has 0 unspecified atom stereocenters. The van der Waals surface area contributed by atoms with Gasteiger partial charge in [0.2, 0.25) is 0 Å². The Kier molecular flexibility index (Phi) is 4.95. The van der Waals surface area contributed by atoms with Crippen LogP contribution in [0, 0.1) is 34.5 Å². The first-order chi connectivity index (χ1) is 14.7. The molecule has 3 saturated carbocycles. The highest BCUT2D eigenvalue weighted by molar-refractivity contribution is 5.80. The maximum atomic E-state index is 12.9. The van der Waals surface area contributed by atoms with E-state index in [1.54, 1.807) is 6.92 Å². The number of carbonyl (C=O) groups excluding carboxylic acids is 2. The monoisotopic (exact) mass is 424 g/mol. The van der Waals surface area contributed by atoms with Gasteiger partial charge in [0.05, 0.1) is 6.33 Å². The van der Waals surface area contributed by atoms with Gasteiger partial charge >= 0.3 is 5.97 Å². The summed E-state index contributed by atoms with van der Waals surface area (Å²) in [7, 11) is 0. The van der Waals surface area contributed by atoms with E-state index in [-0.39, 0.29) is 34.9 Å². The van der Waals surface area contributed by atoms with E-state index in [2.05, 4.69) is 29.5 Å². The molecule has 1 heterocycles. The van der Waals surface area contributed by atoms with Crippen molar-refractivity contribution in [1.82, 2.24) is 9.55 Å². The van der Waals surface area contributed by atoms with Gasteiger partial charge in [0.25, 0.3) is 0 Å². The average molecular weight is 425 g/mol. The number of ketones is 1. The fraction of sp³-hybridized carbons (Fsp3) is 0.731. The summed E-state index contributed by atoms with van der Waals surface area (Å²) in [5.41, 5.74) is 1.79. The van der Waals surface area contributed by atoms with E-state index in [4.69, 9.17) is 4.74 Å². The molecule has 3 fully saturated rings. The quantitative estimate of drug-likeness (QED) is 0.498. The Balaban J connectivity index is 1.46. The van der Waals surface area contributed by atoms with Crippen LogP contribution >= 0.6 is 0 Å². The molecule has 8 atom stereocenters. The maximum absolute atomic E-state index is 12.9. The number of rotatable bonds is 3. The number of hydrogen-bond acceptors (Lipinski definition) is 4. The molecule has 0 saturated heterocycles. The molecule has 0 bridgehead atoms. The Morgan fingerprint density at radius 1 is 1.16 bits per heavy atom. The molecule has 5 nitrogen and oxygen atoms in total. The SMILES string of the molecule is CC(=O)O[C@H]1CC[C@@]2(C)C(=CC[C@H]3[C@@H]4C[C@@H](n5ccnc5)[C@H](C(C)=O)[C@@]4(C)CC[C@@H]32)C1. The van der Waals surface area contributed by atoms with Crippen molar-refractivity contribution in [2.24, 2.45) is 34.5 Å². The van der Waals surface area contributed by atoms with Gasteiger partial charge in [0.1, 0.15) is 11.9 Å². The maximum Gasteiger partial charge on any atom is 0.302 e. The second-order valence-electron chi connectivity index (χ2n) is 11.2. The Labute approximate surface area is 185 Å². The Bertz CT molecular complexity index is 906. The van der Waals surface area contributed by atoms with Crippen LogP contribution in [0.5, 0.6) is 0 Å². The topological polar surface area (TPSA) is 61.2 Å². The first-order valence-electron chi connectivity index (χ1n) is 12.1. The van der Waals surface area contributed by atoms with Gasteiger partial charge in [0, 0.05) is 37.7 Å². The van der Waals surface area contributed by atoms with Crippen LogP contribution in [0.1, 0.15) is 78.7 Å². The van der Waals surface area contributed by atoms with Gasteiger partial charge in [-0.1, -0.05) is 25.5 Å². The highest BCUT2D eigenvalue weighted by Crippen LogP contribution is 2.68. The third-order valence-corrected chi connectivity index (χ3v) is 9.77. The molecule has 31 heavy (non-hydrogen) atoms. The molecule has 5 rings (SSSR count). The number of imidazole rings is 1. The third-order valence-electron chi connectivity index (χ3n) is 9.77. The number of carbonyl (C=O) groups is 2. The standard InChI is InChI=1S/C26H36N2O3/c1-16(29)24-23(28-12-11-27-15-28)14-22-20-6-5-18-13-19(31-17(2)30)7-9-25(18,3)21(20)8-10-26(22,24)4/h5,11-12,15,19-24H,6-10,13-14H2,1-4H3/t19-,20+,21-,22-,23+,24-,25-,26-/m0/s1. The van der Waals surface area contributed by atoms with Crippen LogP contribution in [0.3, 0.4) is 0 Å². The zero-order valence-electron chi connectivity index (χ0n) is 19.3. The molecule has 1 aromatic rings. The molecule has 168 valence electrons. The zero-order valence-corrected chi connectivity index (χ0v) is 19.3. The van der Waals surface area contributed by atoms with Gasteiger partial charge < -0.3 is 9.30 Å². The lowest BCUT2D eigenvalue weighted by Crippen LogP contribution is -2.51. The summed E-state index contributed by atoms with van der Waals surface area (Å²) in [4.78, 5) is 28.7. The van der Waals surface area contributed by atoms with E-state index >= 15 is 0 Å². The van der Waals surface area contributed by atoms with Crippen molar-refractivity contribution in [2.75, 3.05) is 0 Å². The highest BCUT2D eigenvalue weighted by atomic mass is 16.5. The molecular formula is C26H36N2O3. The van der Waals surface area contributed by atoms with Crippen LogP contribution < -0.4 is 0 Å². The van der Waals surface area contributed by atoms with Crippen LogP contribution in [0.4, 0.5) is 0 Å². The van der Waals surface area contributed by atoms with E-state index in [9.17, 15) is 9.59 Å². The van der Waals surface area contributed by atoms with Crippen LogP contribution in [0.2, 0.25) is 0 Å². The summed E-state index contributed by atoms with van der Waals surface area (Å²) in [6.07, 6.45) is 15.8. The van der Waals surface area contributed by atoms with Crippen molar-refractivity contribution in [1.29, 1.82) is 0 Å². The number of fused-ring (bicyclic) bond motifs is 5. The van der Waals surface area contributed by atoms with Crippen LogP contribution in [-0.4, -0.2) is 27.4 Å². The molecule has 0 spiro atoms. The zero-order chi connectivity index (χ0) is 22.0. The van der Waals surface area contributed by atoms with Gasteiger partial charge in [-0.2, -0.15) is 0 Å². The van der Waals surface area contributed by atoms with Crippen LogP contribution in [0.15, 0.2) is 30.4 Å². The number of hydrogen-bond donors (Lipinski definition) is 0. The van der Waals surface area contributed by atoms with Crippen LogP contribution in [-0.2, 0) is 14.3 Å². The first-order valence-corrected chi connectivity index (χ1v) is 12.1. The fourth-order valence-corrected chi connectivity index (χ4v) is 8.47. The molecule has 4 aliphatic rings. The summed E-state index contributed by atoms with van der Waals surface area (Å²) in [6, 6.07) is 0.228. The molecule has 5 heteroatoms. The third kappa shape index (κ3) is 3.14. The second kappa shape index (κ2) is 7.31. The van der Waals surface area contributed by atoms with E-state index < -0.39 is 0 Å². The minimum absolute atomic E-state index is 0.0430. The van der Waals surface area contributed by atoms with E-state index in [1.165, 1.54) is 18.9 Å². The van der Waals surface area contributed by atoms with Crippen LogP contribution in [0.25, 0.3) is 0 Å². The summed E-state index contributed by atoms with van der Waals surface area (Å²) >= 11 is 0. The Morgan fingerprint density at radius 2 is 1.97 bits per heavy atom. The van der Waals surface area contributed by atoms with Crippen molar-refractivity contribution in [3.63, 3.8) is 0 Å². The summed E-state index contributed by atoms with van der Waals surface area (Å²) in [5.74, 6) is 2.11. The normalized spacial score (nSPS) is 43.9. The summed E-state index contributed by atoms with van der Waals surface area (Å²) in [6.45, 7) is 8.18. The lowest BCUT2D eigenvalue weighted by atomic mass is 9.47. The fourth-order valence-electron chi connectivity index (χ4n) is 8.47. The summed E-state index contributed by atoms with van der Waals surface area (Å²) in [5, 5.41) is 0. The molecule has 0 amide bonds. The highest BCUT2D eigenvalue weighted by Gasteiger charge is 2.62. The molecular weight excluding hydrogens is 388 g/mol. The van der Waals surface area contributed by atoms with E-state index in [0.717, 1.165) is 38.5 Å². The lowest BCUT2D eigenvalue weighted by molar-refractivity contribution is -0.149. The minimum atomic E-state index is -0.164. The lowest BCUT2D eigenvalue weighted by Gasteiger charge is -2.57. The van der Waals surface area contributed by atoms with Crippen molar-refractivity contribution in [3.8, 4) is 0 Å². The summed E-state index contributed by atoms with van der Waals surface area (Å²) < 4.78 is 7.77. The van der Waals surface area contributed by atoms with Crippen molar-refractivity contribution in [2.45, 2.75) is 84.8 Å². The predicted molar refractivity (Wildman–Crippen MR) is 118 cm³/mol. The van der Waals surface area contributed by atoms with E-state index in [0.29, 0.717) is 23.5 Å². The largest absolute Gasteiger partial charge is 0.462 e. The Morgan fingerprint density at radius 3 is 2.65 bits per heavy atom. The van der Waals surface area contributed by atoms with Gasteiger partial charge in [-0.15, -0.1) is 0 Å². The number of ether oxygens (including phenoxy) is 1. The second-order valence-corrected chi connectivity index (χ2v) is 11.2. The molecule has 4 aliphatic carbocycles. The van der Waals surface area contributed by atoms with Gasteiger partial charge in [0.15, 0.2) is 0 Å². The van der Waals surface area contributed by atoms with Gasteiger partial charge in [-0.05, 0) is 74.0 Å². The first kappa shape index (κ1) is 21.0. The molecule has 0 aliphatic heterocycles. The number of Topliss-reactive ketones (excluding diaryl/α,β-unsaturated/α-hetero) is 1. The molecule has 0 radical (unpaired) electrons. The average Bonchev–Trinajstić information content (AvgIpc) is 3.33. The van der Waals surface area contributed by atoms with Crippen molar-refractivity contribution < 1.29 is 14.3 Å². The molecule has 0 N–H and O–H groups in total. The smallest absolute Gasteiger partial charge is 0.302 e. The van der Waals surface area contributed by atoms with Crippen molar-refractivity contribution in [3.05, 3.63) is 30.4 Å². The van der Waals surface area contributed by atoms with Gasteiger partial charge in [-0.3, -0.25) is 9.59 Å². The Hall–Kier alpha value is -1.91. The predicted octanol–water partition coefficient (Wildman–Crippen LogP) is 5.13. The number of nitrogens with zero attached hydrogens (tertiary/aromatic N) is 2. The van der Waals surface area contributed by atoms with Gasteiger partial charge in [-0.25, -0.2) is 4.98 Å². The number of esters is 1.